The molecule has 0 radical (unpaired) electrons. The van der Waals surface area contributed by atoms with Crippen molar-refractivity contribution in [1.82, 2.24) is 20.1 Å². The van der Waals surface area contributed by atoms with Gasteiger partial charge in [0.2, 0.25) is 0 Å². The van der Waals surface area contributed by atoms with Crippen molar-refractivity contribution in [3.05, 3.63) is 54.1 Å². The summed E-state index contributed by atoms with van der Waals surface area (Å²) in [7, 11) is 1.92. The molecule has 1 N–H and O–H groups in total. The van der Waals surface area contributed by atoms with Crippen molar-refractivity contribution in [2.75, 3.05) is 0 Å². The number of ether oxygens (including phenoxy) is 1. The van der Waals surface area contributed by atoms with Crippen molar-refractivity contribution in [1.29, 1.82) is 0 Å². The second-order valence-corrected chi connectivity index (χ2v) is 6.19. The van der Waals surface area contributed by atoms with Crippen LogP contribution in [0.5, 0.6) is 5.75 Å². The van der Waals surface area contributed by atoms with Gasteiger partial charge < -0.3 is 10.1 Å². The predicted molar refractivity (Wildman–Crippen MR) is 97.0 cm³/mol. The quantitative estimate of drug-likeness (QED) is 0.715. The fourth-order valence-corrected chi connectivity index (χ4v) is 2.71. The molecule has 0 unspecified atom stereocenters. The van der Waals surface area contributed by atoms with E-state index >= 15 is 0 Å². The van der Waals surface area contributed by atoms with E-state index in [1.165, 1.54) is 11.1 Å². The molecular formula is C19H28N4O. The molecule has 2 rings (SSSR count). The monoisotopic (exact) mass is 328 g/mol. The molecule has 5 nitrogen and oxygen atoms in total. The lowest BCUT2D eigenvalue weighted by molar-refractivity contribution is 0.240. The molecule has 0 aliphatic carbocycles. The molecule has 1 aromatic heterocycles. The third kappa shape index (κ3) is 4.68. The van der Waals surface area contributed by atoms with E-state index in [4.69, 9.17) is 4.74 Å². The third-order valence-electron chi connectivity index (χ3n) is 3.87. The second kappa shape index (κ2) is 8.64. The zero-order chi connectivity index (χ0) is 17.5. The van der Waals surface area contributed by atoms with Gasteiger partial charge in [-0.2, -0.15) is 5.10 Å². The number of benzene rings is 1. The van der Waals surface area contributed by atoms with Crippen molar-refractivity contribution < 1.29 is 4.74 Å². The molecule has 24 heavy (non-hydrogen) atoms. The maximum atomic E-state index is 5.88. The Bertz CT molecular complexity index is 663. The predicted octanol–water partition coefficient (Wildman–Crippen LogP) is 3.57. The number of hydrogen-bond acceptors (Lipinski definition) is 4. The molecule has 0 aliphatic rings. The summed E-state index contributed by atoms with van der Waals surface area (Å²) in [5.74, 6) is 1.90. The first kappa shape index (κ1) is 18.2. The highest BCUT2D eigenvalue weighted by atomic mass is 16.5. The molecule has 0 saturated carbocycles. The topological polar surface area (TPSA) is 52.0 Å². The van der Waals surface area contributed by atoms with Crippen LogP contribution < -0.4 is 10.1 Å². The molecule has 2 aromatic rings. The van der Waals surface area contributed by atoms with E-state index in [1.807, 2.05) is 31.7 Å². The van der Waals surface area contributed by atoms with Crippen LogP contribution in [0.4, 0.5) is 0 Å². The van der Waals surface area contributed by atoms with E-state index < -0.39 is 0 Å². The van der Waals surface area contributed by atoms with Gasteiger partial charge in [-0.15, -0.1) is 6.58 Å². The Morgan fingerprint density at radius 2 is 2.17 bits per heavy atom. The largest absolute Gasteiger partial charge is 0.491 e. The average Bonchev–Trinajstić information content (AvgIpc) is 2.96. The summed E-state index contributed by atoms with van der Waals surface area (Å²) in [6.45, 7) is 10.9. The minimum absolute atomic E-state index is 0.165. The minimum atomic E-state index is 0.165. The second-order valence-electron chi connectivity index (χ2n) is 6.19. The van der Waals surface area contributed by atoms with Gasteiger partial charge in [0.25, 0.3) is 0 Å². The Balaban J connectivity index is 2.10. The van der Waals surface area contributed by atoms with Crippen LogP contribution in [0.25, 0.3) is 0 Å². The van der Waals surface area contributed by atoms with Gasteiger partial charge in [-0.1, -0.05) is 25.1 Å². The summed E-state index contributed by atoms with van der Waals surface area (Å²) in [6, 6.07) is 6.54. The number of nitrogens with one attached hydrogen (secondary N) is 1. The standard InChI is InChI=1S/C19H28N4O/c1-6-8-16-11-15(9-10-18(16)24-14(3)4)12-20-17(7-2)19-21-13-22-23(19)5/h6,9-11,13-14,17,20H,1,7-8,12H2,2-5H3/t17-/m1/s1. The highest BCUT2D eigenvalue weighted by Crippen LogP contribution is 2.23. The summed E-state index contributed by atoms with van der Waals surface area (Å²) < 4.78 is 7.71. The van der Waals surface area contributed by atoms with E-state index in [9.17, 15) is 0 Å². The first-order valence-electron chi connectivity index (χ1n) is 8.51. The SMILES string of the molecule is C=CCc1cc(CN[C@H](CC)c2ncnn2C)ccc1OC(C)C. The molecule has 130 valence electrons. The molecule has 0 aliphatic heterocycles. The number of allylic oxidation sites excluding steroid dienone is 1. The van der Waals surface area contributed by atoms with Crippen molar-refractivity contribution >= 4 is 0 Å². The highest BCUT2D eigenvalue weighted by Gasteiger charge is 2.14. The Morgan fingerprint density at radius 3 is 2.75 bits per heavy atom. The first-order valence-corrected chi connectivity index (χ1v) is 8.51. The smallest absolute Gasteiger partial charge is 0.143 e. The van der Waals surface area contributed by atoms with Crippen molar-refractivity contribution in [3.8, 4) is 5.75 Å². The number of aromatic nitrogens is 3. The molecule has 5 heteroatoms. The molecule has 1 atom stereocenters. The van der Waals surface area contributed by atoms with E-state index in [0.29, 0.717) is 0 Å². The van der Waals surface area contributed by atoms with E-state index in [-0.39, 0.29) is 12.1 Å². The highest BCUT2D eigenvalue weighted by molar-refractivity contribution is 5.38. The molecular weight excluding hydrogens is 300 g/mol. The van der Waals surface area contributed by atoms with Crippen molar-refractivity contribution in [3.63, 3.8) is 0 Å². The maximum absolute atomic E-state index is 5.88. The van der Waals surface area contributed by atoms with Gasteiger partial charge in [0, 0.05) is 13.6 Å². The van der Waals surface area contributed by atoms with Gasteiger partial charge >= 0.3 is 0 Å². The summed E-state index contributed by atoms with van der Waals surface area (Å²) in [4.78, 5) is 4.35. The van der Waals surface area contributed by atoms with Gasteiger partial charge in [0.05, 0.1) is 12.1 Å². The summed E-state index contributed by atoms with van der Waals surface area (Å²) >= 11 is 0. The molecule has 1 aromatic carbocycles. The zero-order valence-corrected chi connectivity index (χ0v) is 15.1. The number of hydrogen-bond donors (Lipinski definition) is 1. The Labute approximate surface area is 144 Å². The van der Waals surface area contributed by atoms with Crippen LogP contribution in [-0.2, 0) is 20.0 Å². The van der Waals surface area contributed by atoms with Crippen LogP contribution in [0.3, 0.4) is 0 Å². The van der Waals surface area contributed by atoms with Crippen LogP contribution >= 0.6 is 0 Å². The van der Waals surface area contributed by atoms with Gasteiger partial charge in [-0.25, -0.2) is 4.98 Å². The Morgan fingerprint density at radius 1 is 1.38 bits per heavy atom. The third-order valence-corrected chi connectivity index (χ3v) is 3.87. The Hall–Kier alpha value is -2.14. The van der Waals surface area contributed by atoms with Crippen LogP contribution in [0.1, 0.15) is 50.2 Å². The van der Waals surface area contributed by atoms with Gasteiger partial charge in [-0.3, -0.25) is 4.68 Å². The molecule has 0 fully saturated rings. The van der Waals surface area contributed by atoms with Crippen LogP contribution in [0.15, 0.2) is 37.2 Å². The lowest BCUT2D eigenvalue weighted by atomic mass is 10.1. The van der Waals surface area contributed by atoms with Crippen LogP contribution in [-0.4, -0.2) is 20.9 Å². The van der Waals surface area contributed by atoms with Crippen LogP contribution in [0.2, 0.25) is 0 Å². The van der Waals surface area contributed by atoms with Gasteiger partial charge in [0.15, 0.2) is 0 Å². The van der Waals surface area contributed by atoms with E-state index in [2.05, 4.69) is 47.1 Å². The number of nitrogens with zero attached hydrogens (tertiary/aromatic N) is 3. The van der Waals surface area contributed by atoms with Crippen molar-refractivity contribution in [2.24, 2.45) is 7.05 Å². The van der Waals surface area contributed by atoms with Crippen LogP contribution in [0, 0.1) is 0 Å². The molecule has 0 bridgehead atoms. The summed E-state index contributed by atoms with van der Waals surface area (Å²) in [5.41, 5.74) is 2.40. The number of aryl methyl sites for hydroxylation is 1. The normalized spacial score (nSPS) is 12.4. The minimum Gasteiger partial charge on any atom is -0.491 e. The van der Waals surface area contributed by atoms with Crippen molar-refractivity contribution in [2.45, 2.75) is 52.3 Å². The summed E-state index contributed by atoms with van der Waals surface area (Å²) in [6.07, 6.45) is 5.43. The molecule has 0 saturated heterocycles. The zero-order valence-electron chi connectivity index (χ0n) is 15.1. The molecule has 0 spiro atoms. The molecule has 1 heterocycles. The lowest BCUT2D eigenvalue weighted by Gasteiger charge is -2.18. The fraction of sp³-hybridized carbons (Fsp3) is 0.474. The Kier molecular flexibility index (Phi) is 6.55. The van der Waals surface area contributed by atoms with E-state index in [1.54, 1.807) is 6.33 Å². The number of rotatable bonds is 9. The van der Waals surface area contributed by atoms with Gasteiger partial charge in [0.1, 0.15) is 17.9 Å². The summed E-state index contributed by atoms with van der Waals surface area (Å²) in [5, 5.41) is 7.72. The lowest BCUT2D eigenvalue weighted by Crippen LogP contribution is -2.23. The van der Waals surface area contributed by atoms with Gasteiger partial charge in [-0.05, 0) is 43.9 Å². The average molecular weight is 328 g/mol. The first-order chi connectivity index (χ1) is 11.5. The maximum Gasteiger partial charge on any atom is 0.143 e. The fourth-order valence-electron chi connectivity index (χ4n) is 2.71. The van der Waals surface area contributed by atoms with E-state index in [0.717, 1.165) is 31.0 Å². The molecule has 0 amide bonds.